The molecule has 0 saturated heterocycles. The van der Waals surface area contributed by atoms with Crippen molar-refractivity contribution in [2.75, 3.05) is 20.2 Å². The SMILES string of the molecule is COc1ccc(C)cc1C(O)CNCC1CCCCC1C. The molecule has 3 nitrogen and oxygen atoms in total. The van der Waals surface area contributed by atoms with E-state index in [4.69, 9.17) is 4.74 Å². The molecule has 21 heavy (non-hydrogen) atoms. The van der Waals surface area contributed by atoms with Gasteiger partial charge in [-0.3, -0.25) is 0 Å². The fraction of sp³-hybridized carbons (Fsp3) is 0.667. The number of hydrogen-bond acceptors (Lipinski definition) is 3. The predicted octanol–water partition coefficient (Wildman–Crippen LogP) is 3.45. The lowest BCUT2D eigenvalue weighted by atomic mass is 9.80. The van der Waals surface area contributed by atoms with E-state index in [1.807, 2.05) is 25.1 Å². The topological polar surface area (TPSA) is 41.5 Å². The molecule has 2 rings (SSSR count). The van der Waals surface area contributed by atoms with Gasteiger partial charge in [-0.1, -0.05) is 37.8 Å². The molecule has 0 amide bonds. The highest BCUT2D eigenvalue weighted by molar-refractivity contribution is 5.38. The predicted molar refractivity (Wildman–Crippen MR) is 86.7 cm³/mol. The Balaban J connectivity index is 1.86. The summed E-state index contributed by atoms with van der Waals surface area (Å²) in [7, 11) is 1.65. The first kappa shape index (κ1) is 16.3. The lowest BCUT2D eigenvalue weighted by Crippen LogP contribution is -2.32. The first-order chi connectivity index (χ1) is 10.1. The quantitative estimate of drug-likeness (QED) is 0.843. The van der Waals surface area contributed by atoms with Crippen molar-refractivity contribution in [1.29, 1.82) is 0 Å². The van der Waals surface area contributed by atoms with Crippen LogP contribution in [0.25, 0.3) is 0 Å². The van der Waals surface area contributed by atoms with E-state index in [0.29, 0.717) is 6.54 Å². The average molecular weight is 291 g/mol. The van der Waals surface area contributed by atoms with Gasteiger partial charge in [0.05, 0.1) is 13.2 Å². The van der Waals surface area contributed by atoms with Crippen LogP contribution in [0.3, 0.4) is 0 Å². The van der Waals surface area contributed by atoms with Crippen molar-refractivity contribution in [3.63, 3.8) is 0 Å². The number of nitrogens with one attached hydrogen (secondary N) is 1. The summed E-state index contributed by atoms with van der Waals surface area (Å²) >= 11 is 0. The van der Waals surface area contributed by atoms with Crippen molar-refractivity contribution in [3.05, 3.63) is 29.3 Å². The Morgan fingerprint density at radius 1 is 1.33 bits per heavy atom. The molecule has 0 radical (unpaired) electrons. The molecule has 1 aliphatic rings. The number of methoxy groups -OCH3 is 1. The maximum atomic E-state index is 10.4. The van der Waals surface area contributed by atoms with E-state index in [1.54, 1.807) is 7.11 Å². The number of aliphatic hydroxyl groups is 1. The molecule has 1 saturated carbocycles. The second-order valence-electron chi connectivity index (χ2n) is 6.44. The van der Waals surface area contributed by atoms with Gasteiger partial charge in [0, 0.05) is 12.1 Å². The summed E-state index contributed by atoms with van der Waals surface area (Å²) in [6, 6.07) is 5.94. The minimum absolute atomic E-state index is 0.515. The number of hydrogen-bond donors (Lipinski definition) is 2. The van der Waals surface area contributed by atoms with Crippen LogP contribution in [-0.2, 0) is 0 Å². The van der Waals surface area contributed by atoms with Crippen LogP contribution in [0, 0.1) is 18.8 Å². The number of benzene rings is 1. The van der Waals surface area contributed by atoms with Gasteiger partial charge in [-0.15, -0.1) is 0 Å². The third-order valence-corrected chi connectivity index (χ3v) is 4.78. The molecule has 0 aromatic heterocycles. The highest BCUT2D eigenvalue weighted by atomic mass is 16.5. The summed E-state index contributed by atoms with van der Waals surface area (Å²) < 4.78 is 5.35. The van der Waals surface area contributed by atoms with E-state index in [9.17, 15) is 5.11 Å². The van der Waals surface area contributed by atoms with Crippen LogP contribution < -0.4 is 10.1 Å². The fourth-order valence-electron chi connectivity index (χ4n) is 3.33. The first-order valence-electron chi connectivity index (χ1n) is 8.15. The smallest absolute Gasteiger partial charge is 0.124 e. The van der Waals surface area contributed by atoms with Crippen LogP contribution in [0.15, 0.2) is 18.2 Å². The summed E-state index contributed by atoms with van der Waals surface area (Å²) in [5, 5.41) is 13.9. The van der Waals surface area contributed by atoms with Gasteiger partial charge in [0.25, 0.3) is 0 Å². The molecule has 1 aliphatic carbocycles. The zero-order chi connectivity index (χ0) is 15.2. The normalized spacial score (nSPS) is 23.8. The Kier molecular flexibility index (Phi) is 6.07. The number of rotatable bonds is 6. The molecule has 2 N–H and O–H groups in total. The summed E-state index contributed by atoms with van der Waals surface area (Å²) in [6.07, 6.45) is 4.88. The molecule has 0 aliphatic heterocycles. The summed E-state index contributed by atoms with van der Waals surface area (Å²) in [6.45, 7) is 5.98. The van der Waals surface area contributed by atoms with Gasteiger partial charge in [0.2, 0.25) is 0 Å². The first-order valence-corrected chi connectivity index (χ1v) is 8.15. The molecule has 3 heteroatoms. The Hall–Kier alpha value is -1.06. The summed E-state index contributed by atoms with van der Waals surface area (Å²) in [5.74, 6) is 2.32. The van der Waals surface area contributed by atoms with Gasteiger partial charge in [0.15, 0.2) is 0 Å². The van der Waals surface area contributed by atoms with Crippen LogP contribution in [-0.4, -0.2) is 25.3 Å². The molecule has 0 spiro atoms. The molecule has 0 heterocycles. The van der Waals surface area contributed by atoms with Crippen molar-refractivity contribution in [3.8, 4) is 5.75 Å². The van der Waals surface area contributed by atoms with Gasteiger partial charge in [-0.05, 0) is 43.9 Å². The Labute approximate surface area is 128 Å². The molecule has 3 atom stereocenters. The lowest BCUT2D eigenvalue weighted by molar-refractivity contribution is 0.162. The highest BCUT2D eigenvalue weighted by Gasteiger charge is 2.21. The zero-order valence-electron chi connectivity index (χ0n) is 13.6. The van der Waals surface area contributed by atoms with Crippen LogP contribution in [0.4, 0.5) is 0 Å². The van der Waals surface area contributed by atoms with Crippen molar-refractivity contribution >= 4 is 0 Å². The standard InChI is InChI=1S/C18H29NO2/c1-13-8-9-18(21-3)16(10-13)17(20)12-19-11-15-7-5-4-6-14(15)2/h8-10,14-15,17,19-20H,4-7,11-12H2,1-3H3. The third-order valence-electron chi connectivity index (χ3n) is 4.78. The minimum Gasteiger partial charge on any atom is -0.496 e. The maximum Gasteiger partial charge on any atom is 0.124 e. The number of aliphatic hydroxyl groups excluding tert-OH is 1. The summed E-state index contributed by atoms with van der Waals surface area (Å²) in [4.78, 5) is 0. The third kappa shape index (κ3) is 4.45. The van der Waals surface area contributed by atoms with Crippen LogP contribution in [0.5, 0.6) is 5.75 Å². The zero-order valence-corrected chi connectivity index (χ0v) is 13.6. The maximum absolute atomic E-state index is 10.4. The highest BCUT2D eigenvalue weighted by Crippen LogP contribution is 2.29. The van der Waals surface area contributed by atoms with Crippen LogP contribution in [0.2, 0.25) is 0 Å². The van der Waals surface area contributed by atoms with Gasteiger partial charge >= 0.3 is 0 Å². The van der Waals surface area contributed by atoms with Crippen LogP contribution in [0.1, 0.15) is 49.8 Å². The van der Waals surface area contributed by atoms with Crippen molar-refractivity contribution in [2.45, 2.75) is 45.6 Å². The van der Waals surface area contributed by atoms with E-state index in [-0.39, 0.29) is 0 Å². The van der Waals surface area contributed by atoms with E-state index >= 15 is 0 Å². The molecular weight excluding hydrogens is 262 g/mol. The molecule has 1 aromatic rings. The second-order valence-corrected chi connectivity index (χ2v) is 6.44. The molecule has 0 bridgehead atoms. The molecule has 1 fully saturated rings. The van der Waals surface area contributed by atoms with E-state index in [2.05, 4.69) is 12.2 Å². The Morgan fingerprint density at radius 2 is 2.10 bits per heavy atom. The number of ether oxygens (including phenoxy) is 1. The van der Waals surface area contributed by atoms with Gasteiger partial charge < -0.3 is 15.2 Å². The second kappa shape index (κ2) is 7.81. The fourth-order valence-corrected chi connectivity index (χ4v) is 3.33. The molecule has 118 valence electrons. The van der Waals surface area contributed by atoms with Crippen molar-refractivity contribution in [2.24, 2.45) is 11.8 Å². The number of aryl methyl sites for hydroxylation is 1. The Morgan fingerprint density at radius 3 is 2.81 bits per heavy atom. The van der Waals surface area contributed by atoms with Crippen molar-refractivity contribution in [1.82, 2.24) is 5.32 Å². The largest absolute Gasteiger partial charge is 0.496 e. The van der Waals surface area contributed by atoms with Crippen molar-refractivity contribution < 1.29 is 9.84 Å². The monoisotopic (exact) mass is 291 g/mol. The van der Waals surface area contributed by atoms with Gasteiger partial charge in [-0.25, -0.2) is 0 Å². The minimum atomic E-state index is -0.515. The lowest BCUT2D eigenvalue weighted by Gasteiger charge is -2.29. The van der Waals surface area contributed by atoms with E-state index in [0.717, 1.165) is 35.3 Å². The molecular formula is C18H29NO2. The van der Waals surface area contributed by atoms with E-state index < -0.39 is 6.10 Å². The molecule has 3 unspecified atom stereocenters. The van der Waals surface area contributed by atoms with Crippen LogP contribution >= 0.6 is 0 Å². The Bertz CT molecular complexity index is 447. The van der Waals surface area contributed by atoms with Gasteiger partial charge in [-0.2, -0.15) is 0 Å². The summed E-state index contributed by atoms with van der Waals surface area (Å²) in [5.41, 5.74) is 2.02. The van der Waals surface area contributed by atoms with E-state index in [1.165, 1.54) is 25.7 Å². The van der Waals surface area contributed by atoms with Gasteiger partial charge in [0.1, 0.15) is 5.75 Å². The molecule has 1 aromatic carbocycles. The average Bonchev–Trinajstić information content (AvgIpc) is 2.49.